The standard InChI is InChI=1S/C22H24N4O5S/c27-22(17-10-13-26(14-11-17)32(28,29)19-7-2-1-3-8-19)30-15-5-9-20-24-21(25-31-20)18-6-4-12-23-16-18/h1-4,6-8,12,16-17H,5,9-11,13-15H2. The number of piperidine rings is 1. The number of rotatable bonds is 8. The first-order valence-corrected chi connectivity index (χ1v) is 11.9. The van der Waals surface area contributed by atoms with E-state index < -0.39 is 10.0 Å². The second-order valence-electron chi connectivity index (χ2n) is 7.52. The third-order valence-corrected chi connectivity index (χ3v) is 7.25. The van der Waals surface area contributed by atoms with Crippen LogP contribution in [0.1, 0.15) is 25.2 Å². The van der Waals surface area contributed by atoms with Crippen LogP contribution in [0.2, 0.25) is 0 Å². The summed E-state index contributed by atoms with van der Waals surface area (Å²) in [6.07, 6.45) is 5.28. The lowest BCUT2D eigenvalue weighted by Crippen LogP contribution is -2.40. The van der Waals surface area contributed by atoms with Crippen molar-refractivity contribution in [3.8, 4) is 11.4 Å². The Bertz CT molecular complexity index is 1130. The number of hydrogen-bond acceptors (Lipinski definition) is 8. The Hall–Kier alpha value is -3.11. The van der Waals surface area contributed by atoms with Crippen LogP contribution in [0.25, 0.3) is 11.4 Å². The molecule has 2 aromatic heterocycles. The highest BCUT2D eigenvalue weighted by atomic mass is 32.2. The maximum Gasteiger partial charge on any atom is 0.309 e. The van der Waals surface area contributed by atoms with Crippen molar-refractivity contribution in [1.29, 1.82) is 0 Å². The number of nitrogens with zero attached hydrogens (tertiary/aromatic N) is 4. The minimum atomic E-state index is -3.53. The van der Waals surface area contributed by atoms with Gasteiger partial charge in [-0.25, -0.2) is 8.42 Å². The normalized spacial score (nSPS) is 15.5. The maximum atomic E-state index is 12.7. The van der Waals surface area contributed by atoms with Gasteiger partial charge in [0.15, 0.2) is 0 Å². The monoisotopic (exact) mass is 456 g/mol. The summed E-state index contributed by atoms with van der Waals surface area (Å²) in [6.45, 7) is 0.845. The van der Waals surface area contributed by atoms with Gasteiger partial charge in [0.1, 0.15) is 0 Å². The van der Waals surface area contributed by atoms with E-state index in [0.29, 0.717) is 50.5 Å². The molecule has 0 bridgehead atoms. The highest BCUT2D eigenvalue weighted by Gasteiger charge is 2.32. The first-order chi connectivity index (χ1) is 15.5. The highest BCUT2D eigenvalue weighted by Crippen LogP contribution is 2.24. The quantitative estimate of drug-likeness (QED) is 0.375. The van der Waals surface area contributed by atoms with Crippen LogP contribution in [-0.4, -0.2) is 53.5 Å². The van der Waals surface area contributed by atoms with Gasteiger partial charge in [-0.05, 0) is 43.5 Å². The number of carbonyl (C=O) groups is 1. The second-order valence-corrected chi connectivity index (χ2v) is 9.45. The van der Waals surface area contributed by atoms with Gasteiger partial charge >= 0.3 is 5.97 Å². The molecule has 0 saturated carbocycles. The Kier molecular flexibility index (Phi) is 6.91. The van der Waals surface area contributed by atoms with Crippen LogP contribution in [-0.2, 0) is 26.0 Å². The molecule has 168 valence electrons. The molecule has 0 aliphatic carbocycles. The minimum absolute atomic E-state index is 0.242. The first kappa shape index (κ1) is 22.1. The molecule has 3 aromatic rings. The van der Waals surface area contributed by atoms with E-state index in [2.05, 4.69) is 15.1 Å². The molecule has 1 aliphatic rings. The van der Waals surface area contributed by atoms with E-state index in [4.69, 9.17) is 9.26 Å². The molecule has 0 N–H and O–H groups in total. The lowest BCUT2D eigenvalue weighted by molar-refractivity contribution is -0.149. The van der Waals surface area contributed by atoms with Crippen LogP contribution in [0.3, 0.4) is 0 Å². The smallest absolute Gasteiger partial charge is 0.309 e. The molecule has 1 aromatic carbocycles. The molecule has 0 atom stereocenters. The van der Waals surface area contributed by atoms with Crippen LogP contribution in [0.4, 0.5) is 0 Å². The molecule has 10 heteroatoms. The number of sulfonamides is 1. The number of carbonyl (C=O) groups excluding carboxylic acids is 1. The molecule has 0 spiro atoms. The van der Waals surface area contributed by atoms with E-state index in [-0.39, 0.29) is 23.4 Å². The Morgan fingerprint density at radius 1 is 1.12 bits per heavy atom. The SMILES string of the molecule is O=C(OCCCc1nc(-c2cccnc2)no1)C1CCN(S(=O)(=O)c2ccccc2)CC1. The lowest BCUT2D eigenvalue weighted by Gasteiger charge is -2.30. The van der Waals surface area contributed by atoms with Crippen LogP contribution in [0, 0.1) is 5.92 Å². The fourth-order valence-electron chi connectivity index (χ4n) is 3.56. The fraction of sp³-hybridized carbons (Fsp3) is 0.364. The summed E-state index contributed by atoms with van der Waals surface area (Å²) < 4.78 is 37.4. The minimum Gasteiger partial charge on any atom is -0.465 e. The van der Waals surface area contributed by atoms with Crippen molar-refractivity contribution in [3.05, 3.63) is 60.7 Å². The highest BCUT2D eigenvalue weighted by molar-refractivity contribution is 7.89. The van der Waals surface area contributed by atoms with Gasteiger partial charge in [-0.3, -0.25) is 9.78 Å². The zero-order valence-electron chi connectivity index (χ0n) is 17.5. The predicted molar refractivity (Wildman–Crippen MR) is 115 cm³/mol. The summed E-state index contributed by atoms with van der Waals surface area (Å²) in [5.41, 5.74) is 0.773. The van der Waals surface area contributed by atoms with E-state index in [1.807, 2.05) is 6.07 Å². The summed E-state index contributed by atoms with van der Waals surface area (Å²) in [5, 5.41) is 3.93. The van der Waals surface area contributed by atoms with Gasteiger partial charge in [0.05, 0.1) is 17.4 Å². The van der Waals surface area contributed by atoms with Crippen molar-refractivity contribution in [2.75, 3.05) is 19.7 Å². The second kappa shape index (κ2) is 10.0. The number of benzene rings is 1. The van der Waals surface area contributed by atoms with Crippen molar-refractivity contribution in [3.63, 3.8) is 0 Å². The average Bonchev–Trinajstić information content (AvgIpc) is 3.32. The number of ether oxygens (including phenoxy) is 1. The first-order valence-electron chi connectivity index (χ1n) is 10.5. The number of aryl methyl sites for hydroxylation is 1. The van der Waals surface area contributed by atoms with Crippen LogP contribution in [0.15, 0.2) is 64.3 Å². The summed E-state index contributed by atoms with van der Waals surface area (Å²) in [4.78, 5) is 21.0. The molecule has 0 amide bonds. The van der Waals surface area contributed by atoms with Gasteiger partial charge in [0.25, 0.3) is 0 Å². The van der Waals surface area contributed by atoms with Crippen LogP contribution in [0.5, 0.6) is 0 Å². The fourth-order valence-corrected chi connectivity index (χ4v) is 5.05. The van der Waals surface area contributed by atoms with E-state index in [9.17, 15) is 13.2 Å². The third kappa shape index (κ3) is 5.20. The Balaban J connectivity index is 1.19. The molecule has 32 heavy (non-hydrogen) atoms. The molecule has 9 nitrogen and oxygen atoms in total. The van der Waals surface area contributed by atoms with Crippen molar-refractivity contribution in [1.82, 2.24) is 19.4 Å². The van der Waals surface area contributed by atoms with Gasteiger partial charge < -0.3 is 9.26 Å². The zero-order chi connectivity index (χ0) is 22.4. The van der Waals surface area contributed by atoms with E-state index in [0.717, 1.165) is 5.56 Å². The van der Waals surface area contributed by atoms with Crippen LogP contribution < -0.4 is 0 Å². The van der Waals surface area contributed by atoms with Gasteiger partial charge in [-0.2, -0.15) is 9.29 Å². The maximum absolute atomic E-state index is 12.7. The van der Waals surface area contributed by atoms with E-state index in [1.165, 1.54) is 4.31 Å². The number of aromatic nitrogens is 3. The van der Waals surface area contributed by atoms with Gasteiger partial charge in [0, 0.05) is 37.5 Å². The van der Waals surface area contributed by atoms with E-state index >= 15 is 0 Å². The number of hydrogen-bond donors (Lipinski definition) is 0. The average molecular weight is 457 g/mol. The number of esters is 1. The summed E-state index contributed by atoms with van der Waals surface area (Å²) in [6, 6.07) is 12.0. The number of pyridine rings is 1. The summed E-state index contributed by atoms with van der Waals surface area (Å²) in [5.74, 6) is 0.364. The molecule has 4 rings (SSSR count). The van der Waals surface area contributed by atoms with Crippen molar-refractivity contribution < 1.29 is 22.5 Å². The largest absolute Gasteiger partial charge is 0.465 e. The Morgan fingerprint density at radius 2 is 1.91 bits per heavy atom. The Morgan fingerprint density at radius 3 is 2.62 bits per heavy atom. The van der Waals surface area contributed by atoms with Crippen molar-refractivity contribution in [2.45, 2.75) is 30.6 Å². The molecule has 1 aliphatic heterocycles. The predicted octanol–water partition coefficient (Wildman–Crippen LogP) is 2.71. The van der Waals surface area contributed by atoms with Gasteiger partial charge in [-0.15, -0.1) is 0 Å². The molecular formula is C22H24N4O5S. The zero-order valence-corrected chi connectivity index (χ0v) is 18.3. The summed E-state index contributed by atoms with van der Waals surface area (Å²) >= 11 is 0. The molecule has 0 unspecified atom stereocenters. The molecule has 0 radical (unpaired) electrons. The molecule has 1 saturated heterocycles. The topological polar surface area (TPSA) is 115 Å². The van der Waals surface area contributed by atoms with Gasteiger partial charge in [-0.1, -0.05) is 23.4 Å². The summed E-state index contributed by atoms with van der Waals surface area (Å²) in [7, 11) is -3.53. The van der Waals surface area contributed by atoms with Gasteiger partial charge in [0.2, 0.25) is 21.7 Å². The molecular weight excluding hydrogens is 432 g/mol. The van der Waals surface area contributed by atoms with E-state index in [1.54, 1.807) is 48.8 Å². The Labute approximate surface area is 186 Å². The van der Waals surface area contributed by atoms with Crippen molar-refractivity contribution in [2.24, 2.45) is 5.92 Å². The third-order valence-electron chi connectivity index (χ3n) is 5.34. The molecule has 1 fully saturated rings. The molecule has 3 heterocycles. The lowest BCUT2D eigenvalue weighted by atomic mass is 9.98. The van der Waals surface area contributed by atoms with Crippen LogP contribution >= 0.6 is 0 Å². The van der Waals surface area contributed by atoms with Crippen molar-refractivity contribution >= 4 is 16.0 Å².